The summed E-state index contributed by atoms with van der Waals surface area (Å²) < 4.78 is 0.900. The van der Waals surface area contributed by atoms with E-state index in [2.05, 4.69) is 26.6 Å². The van der Waals surface area contributed by atoms with Crippen molar-refractivity contribution in [3.05, 3.63) is 28.7 Å². The average Bonchev–Trinajstić information content (AvgIpc) is 2.29. The number of carboxylic acid groups (broad SMARTS) is 1. The number of hydrogen-bond donors (Lipinski definition) is 3. The summed E-state index contributed by atoms with van der Waals surface area (Å²) in [4.78, 5) is 23.5. The van der Waals surface area contributed by atoms with Gasteiger partial charge >= 0.3 is 12.0 Å². The summed E-state index contributed by atoms with van der Waals surface area (Å²) in [7, 11) is 0. The molecule has 1 aromatic carbocycles. The molecule has 0 spiro atoms. The summed E-state index contributed by atoms with van der Waals surface area (Å²) in [5.41, 5.74) is -0.949. The van der Waals surface area contributed by atoms with Gasteiger partial charge in [0.25, 0.3) is 0 Å². The predicted octanol–water partition coefficient (Wildman–Crippen LogP) is 3.85. The molecule has 0 aliphatic heterocycles. The van der Waals surface area contributed by atoms with Gasteiger partial charge in [-0.1, -0.05) is 36.7 Å². The van der Waals surface area contributed by atoms with Gasteiger partial charge in [-0.15, -0.1) is 0 Å². The lowest BCUT2D eigenvalue weighted by Crippen LogP contribution is -2.55. The van der Waals surface area contributed by atoms with Crippen molar-refractivity contribution in [2.24, 2.45) is 5.41 Å². The van der Waals surface area contributed by atoms with Crippen LogP contribution in [0, 0.1) is 5.41 Å². The smallest absolute Gasteiger partial charge is 0.329 e. The molecule has 0 saturated heterocycles. The molecule has 0 aliphatic rings. The Morgan fingerprint density at radius 2 is 1.67 bits per heavy atom. The molecule has 21 heavy (non-hydrogen) atoms. The van der Waals surface area contributed by atoms with Crippen LogP contribution in [0.4, 0.5) is 10.5 Å². The molecule has 0 aliphatic carbocycles. The first kappa shape index (κ1) is 17.5. The molecule has 6 heteroatoms. The Balaban J connectivity index is 2.77. The number of carbonyl (C=O) groups is 2. The van der Waals surface area contributed by atoms with E-state index in [1.165, 1.54) is 6.92 Å². The molecule has 1 aromatic rings. The molecule has 0 fully saturated rings. The van der Waals surface area contributed by atoms with Crippen molar-refractivity contribution in [3.63, 3.8) is 0 Å². The Bertz CT molecular complexity index is 523. The number of urea groups is 1. The second kappa shape index (κ2) is 6.47. The fraction of sp³-hybridized carbons (Fsp3) is 0.467. The predicted molar refractivity (Wildman–Crippen MR) is 86.4 cm³/mol. The molecule has 5 nitrogen and oxygen atoms in total. The number of aliphatic carboxylic acids is 1. The van der Waals surface area contributed by atoms with Gasteiger partial charge < -0.3 is 15.7 Å². The number of hydrogen-bond acceptors (Lipinski definition) is 2. The van der Waals surface area contributed by atoms with Gasteiger partial charge in [0.2, 0.25) is 0 Å². The van der Waals surface area contributed by atoms with Gasteiger partial charge in [-0.25, -0.2) is 9.59 Å². The Hall–Kier alpha value is -1.56. The summed E-state index contributed by atoms with van der Waals surface area (Å²) >= 11 is 3.31. The highest BCUT2D eigenvalue weighted by molar-refractivity contribution is 9.10. The van der Waals surface area contributed by atoms with Gasteiger partial charge in [-0.2, -0.15) is 0 Å². The third-order valence-corrected chi connectivity index (χ3v) is 3.38. The van der Waals surface area contributed by atoms with E-state index in [1.54, 1.807) is 24.3 Å². The summed E-state index contributed by atoms with van der Waals surface area (Å²) in [6, 6.07) is 6.51. The van der Waals surface area contributed by atoms with Crippen LogP contribution in [0.5, 0.6) is 0 Å². The van der Waals surface area contributed by atoms with Crippen LogP contribution in [0.25, 0.3) is 0 Å². The first-order valence-corrected chi connectivity index (χ1v) is 7.39. The number of anilines is 1. The summed E-state index contributed by atoms with van der Waals surface area (Å²) in [6.07, 6.45) is 0.323. The lowest BCUT2D eigenvalue weighted by atomic mass is 9.81. The fourth-order valence-electron chi connectivity index (χ4n) is 2.18. The minimum Gasteiger partial charge on any atom is -0.480 e. The molecule has 0 radical (unpaired) electrons. The van der Waals surface area contributed by atoms with Crippen LogP contribution < -0.4 is 10.6 Å². The molecule has 1 atom stereocenters. The number of benzene rings is 1. The van der Waals surface area contributed by atoms with Gasteiger partial charge in [-0.3, -0.25) is 0 Å². The summed E-state index contributed by atoms with van der Waals surface area (Å²) in [6.45, 7) is 7.31. The lowest BCUT2D eigenvalue weighted by Gasteiger charge is -2.32. The van der Waals surface area contributed by atoms with Crippen LogP contribution in [0.2, 0.25) is 0 Å². The monoisotopic (exact) mass is 356 g/mol. The van der Waals surface area contributed by atoms with Crippen molar-refractivity contribution in [3.8, 4) is 0 Å². The van der Waals surface area contributed by atoms with Crippen LogP contribution in [0.15, 0.2) is 28.7 Å². The minimum absolute atomic E-state index is 0.224. The molecule has 1 unspecified atom stereocenters. The van der Waals surface area contributed by atoms with Gasteiger partial charge in [-0.05, 0) is 43.0 Å². The average molecular weight is 357 g/mol. The SMILES string of the molecule is CC(C)(C)CC(C)(NC(=O)Nc1ccc(Br)cc1)C(=O)O. The number of carboxylic acids is 1. The highest BCUT2D eigenvalue weighted by Crippen LogP contribution is 2.27. The van der Waals surface area contributed by atoms with Crippen LogP contribution in [-0.4, -0.2) is 22.6 Å². The maximum atomic E-state index is 12.0. The Morgan fingerprint density at radius 3 is 2.10 bits per heavy atom. The molecule has 0 aromatic heterocycles. The van der Waals surface area contributed by atoms with E-state index < -0.39 is 17.5 Å². The standard InChI is InChI=1S/C15H21BrN2O3/c1-14(2,3)9-15(4,12(19)20)18-13(21)17-11-7-5-10(16)6-8-11/h5-8H,9H2,1-4H3,(H,19,20)(H2,17,18,21). The number of rotatable bonds is 4. The zero-order valence-corrected chi connectivity index (χ0v) is 14.2. The number of amides is 2. The van der Waals surface area contributed by atoms with E-state index in [0.29, 0.717) is 12.1 Å². The highest BCUT2D eigenvalue weighted by atomic mass is 79.9. The molecule has 3 N–H and O–H groups in total. The summed E-state index contributed by atoms with van der Waals surface area (Å²) in [5, 5.41) is 14.6. The quantitative estimate of drug-likeness (QED) is 0.766. The van der Waals surface area contributed by atoms with E-state index in [4.69, 9.17) is 0 Å². The first-order valence-electron chi connectivity index (χ1n) is 6.60. The van der Waals surface area contributed by atoms with Crippen molar-refractivity contribution in [1.82, 2.24) is 5.32 Å². The molecule has 116 valence electrons. The van der Waals surface area contributed by atoms with Gasteiger partial charge in [0.1, 0.15) is 5.54 Å². The first-order chi connectivity index (χ1) is 9.52. The zero-order valence-electron chi connectivity index (χ0n) is 12.7. The normalized spacial score (nSPS) is 14.1. The molecule has 0 bridgehead atoms. The second-order valence-corrected chi connectivity index (χ2v) is 7.38. The Kier molecular flexibility index (Phi) is 5.39. The summed E-state index contributed by atoms with van der Waals surface area (Å²) in [5.74, 6) is -1.05. The van der Waals surface area contributed by atoms with Crippen molar-refractivity contribution in [2.75, 3.05) is 5.32 Å². The van der Waals surface area contributed by atoms with Gasteiger partial charge in [0, 0.05) is 10.2 Å². The van der Waals surface area contributed by atoms with Crippen LogP contribution in [-0.2, 0) is 4.79 Å². The van der Waals surface area contributed by atoms with Crippen LogP contribution >= 0.6 is 15.9 Å². The highest BCUT2D eigenvalue weighted by Gasteiger charge is 2.38. The molecular formula is C15H21BrN2O3. The Morgan fingerprint density at radius 1 is 1.14 bits per heavy atom. The van der Waals surface area contributed by atoms with Gasteiger partial charge in [0.05, 0.1) is 0 Å². The molecule has 2 amide bonds. The molecule has 1 rings (SSSR count). The van der Waals surface area contributed by atoms with E-state index >= 15 is 0 Å². The lowest BCUT2D eigenvalue weighted by molar-refractivity contribution is -0.144. The van der Waals surface area contributed by atoms with Crippen molar-refractivity contribution in [2.45, 2.75) is 39.7 Å². The maximum Gasteiger partial charge on any atom is 0.329 e. The van der Waals surface area contributed by atoms with Crippen molar-refractivity contribution in [1.29, 1.82) is 0 Å². The van der Waals surface area contributed by atoms with Gasteiger partial charge in [0.15, 0.2) is 0 Å². The van der Waals surface area contributed by atoms with Crippen molar-refractivity contribution >= 4 is 33.6 Å². The third kappa shape index (κ3) is 5.75. The number of nitrogens with one attached hydrogen (secondary N) is 2. The number of halogens is 1. The van der Waals surface area contributed by atoms with Crippen LogP contribution in [0.3, 0.4) is 0 Å². The van der Waals surface area contributed by atoms with E-state index in [0.717, 1.165) is 4.47 Å². The molecule has 0 saturated carbocycles. The zero-order chi connectivity index (χ0) is 16.3. The number of carbonyl (C=O) groups excluding carboxylic acids is 1. The topological polar surface area (TPSA) is 78.4 Å². The van der Waals surface area contributed by atoms with E-state index in [9.17, 15) is 14.7 Å². The van der Waals surface area contributed by atoms with E-state index in [1.807, 2.05) is 20.8 Å². The second-order valence-electron chi connectivity index (χ2n) is 6.46. The minimum atomic E-state index is -1.32. The van der Waals surface area contributed by atoms with Crippen molar-refractivity contribution < 1.29 is 14.7 Å². The van der Waals surface area contributed by atoms with E-state index in [-0.39, 0.29) is 5.41 Å². The fourth-order valence-corrected chi connectivity index (χ4v) is 2.44. The Labute approximate surface area is 133 Å². The molecular weight excluding hydrogens is 336 g/mol. The maximum absolute atomic E-state index is 12.0. The third-order valence-electron chi connectivity index (χ3n) is 2.85. The largest absolute Gasteiger partial charge is 0.480 e. The molecule has 0 heterocycles. The van der Waals surface area contributed by atoms with Crippen LogP contribution in [0.1, 0.15) is 34.1 Å².